The van der Waals surface area contributed by atoms with Gasteiger partial charge in [-0.15, -0.1) is 0 Å². The van der Waals surface area contributed by atoms with Crippen LogP contribution in [0.3, 0.4) is 0 Å². The molecule has 0 amide bonds. The van der Waals surface area contributed by atoms with Crippen LogP contribution in [0.15, 0.2) is 0 Å². The third-order valence-corrected chi connectivity index (χ3v) is 3.82. The smallest absolute Gasteiger partial charge is 0.0789 e. The van der Waals surface area contributed by atoms with E-state index in [4.69, 9.17) is 5.73 Å². The lowest BCUT2D eigenvalue weighted by molar-refractivity contribution is 0.108. The van der Waals surface area contributed by atoms with E-state index in [0.29, 0.717) is 6.54 Å². The third-order valence-electron chi connectivity index (χ3n) is 3.82. The zero-order valence-corrected chi connectivity index (χ0v) is 11.1. The molecule has 17 heavy (non-hydrogen) atoms. The molecule has 0 spiro atoms. The number of hydrogen-bond donors (Lipinski definition) is 3. The van der Waals surface area contributed by atoms with Gasteiger partial charge in [-0.1, -0.05) is 12.8 Å². The second-order valence-electron chi connectivity index (χ2n) is 5.20. The SMILES string of the molecule is CN.NCC(O)CN1CCCC1CCC1CC1. The Morgan fingerprint density at radius 2 is 1.94 bits per heavy atom. The molecule has 1 heterocycles. The number of rotatable bonds is 6. The van der Waals surface area contributed by atoms with Crippen LogP contribution in [0.4, 0.5) is 0 Å². The van der Waals surface area contributed by atoms with Gasteiger partial charge in [-0.2, -0.15) is 0 Å². The minimum absolute atomic E-state index is 0.327. The highest BCUT2D eigenvalue weighted by molar-refractivity contribution is 4.83. The van der Waals surface area contributed by atoms with Crippen molar-refractivity contribution in [2.45, 2.75) is 50.7 Å². The third kappa shape index (κ3) is 5.34. The van der Waals surface area contributed by atoms with Crippen molar-refractivity contribution in [1.29, 1.82) is 0 Å². The largest absolute Gasteiger partial charge is 0.390 e. The second kappa shape index (κ2) is 8.03. The van der Waals surface area contributed by atoms with Crippen molar-refractivity contribution in [1.82, 2.24) is 4.90 Å². The molecule has 2 unspecified atom stereocenters. The van der Waals surface area contributed by atoms with Crippen LogP contribution in [0.25, 0.3) is 0 Å². The highest BCUT2D eigenvalue weighted by Gasteiger charge is 2.28. The van der Waals surface area contributed by atoms with Crippen molar-refractivity contribution in [3.63, 3.8) is 0 Å². The highest BCUT2D eigenvalue weighted by Crippen LogP contribution is 2.35. The summed E-state index contributed by atoms with van der Waals surface area (Å²) in [6, 6.07) is 0.729. The first-order valence-electron chi connectivity index (χ1n) is 6.99. The quantitative estimate of drug-likeness (QED) is 0.636. The molecule has 0 aromatic heterocycles. The van der Waals surface area contributed by atoms with E-state index in [1.807, 2.05) is 0 Å². The van der Waals surface area contributed by atoms with Gasteiger partial charge in [-0.25, -0.2) is 0 Å². The van der Waals surface area contributed by atoms with Gasteiger partial charge in [-0.05, 0) is 45.2 Å². The molecule has 5 N–H and O–H groups in total. The summed E-state index contributed by atoms with van der Waals surface area (Å²) in [6.07, 6.45) is 7.95. The van der Waals surface area contributed by atoms with Crippen molar-refractivity contribution in [3.8, 4) is 0 Å². The molecule has 0 radical (unpaired) electrons. The molecule has 2 aliphatic rings. The van der Waals surface area contributed by atoms with E-state index in [1.54, 1.807) is 0 Å². The number of nitrogens with two attached hydrogens (primary N) is 2. The molecule has 2 atom stereocenters. The predicted molar refractivity (Wildman–Crippen MR) is 71.7 cm³/mol. The zero-order valence-electron chi connectivity index (χ0n) is 11.1. The number of nitrogens with zero attached hydrogens (tertiary/aromatic N) is 1. The lowest BCUT2D eigenvalue weighted by Crippen LogP contribution is -2.39. The van der Waals surface area contributed by atoms with Crippen LogP contribution in [0.2, 0.25) is 0 Å². The molecule has 1 saturated heterocycles. The maximum absolute atomic E-state index is 9.56. The van der Waals surface area contributed by atoms with Crippen molar-refractivity contribution < 1.29 is 5.11 Å². The lowest BCUT2D eigenvalue weighted by atomic mass is 10.1. The van der Waals surface area contributed by atoms with Crippen LogP contribution in [0.1, 0.15) is 38.5 Å². The fourth-order valence-electron chi connectivity index (χ4n) is 2.64. The molecule has 1 aliphatic carbocycles. The number of aliphatic hydroxyl groups excluding tert-OH is 1. The first-order chi connectivity index (χ1) is 8.29. The lowest BCUT2D eigenvalue weighted by Gasteiger charge is -2.26. The molecule has 4 nitrogen and oxygen atoms in total. The predicted octanol–water partition coefficient (Wildman–Crippen LogP) is 0.536. The Labute approximate surface area is 105 Å². The zero-order chi connectivity index (χ0) is 12.7. The van der Waals surface area contributed by atoms with E-state index in [0.717, 1.165) is 25.0 Å². The molecule has 102 valence electrons. The number of aliphatic hydroxyl groups is 1. The van der Waals surface area contributed by atoms with Crippen molar-refractivity contribution in [3.05, 3.63) is 0 Å². The van der Waals surface area contributed by atoms with E-state index in [9.17, 15) is 5.11 Å². The van der Waals surface area contributed by atoms with Gasteiger partial charge in [0.15, 0.2) is 0 Å². The van der Waals surface area contributed by atoms with E-state index in [2.05, 4.69) is 10.6 Å². The van der Waals surface area contributed by atoms with Crippen LogP contribution in [0.5, 0.6) is 0 Å². The van der Waals surface area contributed by atoms with Gasteiger partial charge in [0, 0.05) is 19.1 Å². The molecule has 0 bridgehead atoms. The number of likely N-dealkylation sites (tertiary alicyclic amines) is 1. The van der Waals surface area contributed by atoms with Crippen LogP contribution in [-0.2, 0) is 0 Å². The Bertz CT molecular complexity index is 197. The van der Waals surface area contributed by atoms with Crippen molar-refractivity contribution in [2.24, 2.45) is 17.4 Å². The number of hydrogen-bond acceptors (Lipinski definition) is 4. The van der Waals surface area contributed by atoms with Gasteiger partial charge in [0.05, 0.1) is 6.10 Å². The summed E-state index contributed by atoms with van der Waals surface area (Å²) in [6.45, 7) is 2.34. The molecular formula is C13H29N3O. The average molecular weight is 243 g/mol. The minimum Gasteiger partial charge on any atom is -0.390 e. The Kier molecular flexibility index (Phi) is 7.04. The van der Waals surface area contributed by atoms with Gasteiger partial charge < -0.3 is 16.6 Å². The fourth-order valence-corrected chi connectivity index (χ4v) is 2.64. The van der Waals surface area contributed by atoms with Gasteiger partial charge in [0.1, 0.15) is 0 Å². The van der Waals surface area contributed by atoms with Gasteiger partial charge >= 0.3 is 0 Å². The molecule has 0 aromatic rings. The Hall–Kier alpha value is -0.160. The molecule has 0 aromatic carbocycles. The maximum Gasteiger partial charge on any atom is 0.0789 e. The molecule has 1 saturated carbocycles. The van der Waals surface area contributed by atoms with Crippen LogP contribution in [-0.4, -0.2) is 48.8 Å². The van der Waals surface area contributed by atoms with E-state index in [-0.39, 0.29) is 6.10 Å². The summed E-state index contributed by atoms with van der Waals surface area (Å²) in [4.78, 5) is 2.44. The normalized spacial score (nSPS) is 26.5. The Morgan fingerprint density at radius 1 is 1.24 bits per heavy atom. The minimum atomic E-state index is -0.327. The molecule has 2 rings (SSSR count). The summed E-state index contributed by atoms with van der Waals surface area (Å²) in [5.74, 6) is 1.03. The second-order valence-corrected chi connectivity index (χ2v) is 5.20. The van der Waals surface area contributed by atoms with E-state index in [1.165, 1.54) is 45.6 Å². The fraction of sp³-hybridized carbons (Fsp3) is 1.00. The van der Waals surface area contributed by atoms with E-state index < -0.39 is 0 Å². The maximum atomic E-state index is 9.56. The summed E-state index contributed by atoms with van der Waals surface area (Å²) in [7, 11) is 1.50. The molecular weight excluding hydrogens is 214 g/mol. The Morgan fingerprint density at radius 3 is 2.53 bits per heavy atom. The monoisotopic (exact) mass is 243 g/mol. The molecule has 2 fully saturated rings. The van der Waals surface area contributed by atoms with Gasteiger partial charge in [0.25, 0.3) is 0 Å². The topological polar surface area (TPSA) is 75.5 Å². The van der Waals surface area contributed by atoms with Crippen LogP contribution in [0, 0.1) is 5.92 Å². The van der Waals surface area contributed by atoms with Gasteiger partial charge in [0.2, 0.25) is 0 Å². The molecule has 4 heteroatoms. The Balaban J connectivity index is 0.000000686. The summed E-state index contributed by atoms with van der Waals surface area (Å²) >= 11 is 0. The summed E-state index contributed by atoms with van der Waals surface area (Å²) < 4.78 is 0. The summed E-state index contributed by atoms with van der Waals surface area (Å²) in [5, 5.41) is 9.56. The van der Waals surface area contributed by atoms with Gasteiger partial charge in [-0.3, -0.25) is 4.90 Å². The van der Waals surface area contributed by atoms with E-state index >= 15 is 0 Å². The van der Waals surface area contributed by atoms with Crippen LogP contribution >= 0.6 is 0 Å². The standard InChI is InChI=1S/C12H24N2O.CH5N/c13-8-12(15)9-14-7-1-2-11(14)6-5-10-3-4-10;1-2/h10-12,15H,1-9,13H2;2H2,1H3. The first kappa shape index (κ1) is 14.9. The average Bonchev–Trinajstić information content (AvgIpc) is 3.10. The van der Waals surface area contributed by atoms with Crippen molar-refractivity contribution in [2.75, 3.05) is 26.7 Å². The molecule has 1 aliphatic heterocycles. The summed E-state index contributed by atoms with van der Waals surface area (Å²) in [5.41, 5.74) is 9.95. The first-order valence-corrected chi connectivity index (χ1v) is 6.99. The number of β-amino-alcohol motifs (C(OH)–C–C–N with tert-alkyl or cyclic N) is 1. The van der Waals surface area contributed by atoms with Crippen molar-refractivity contribution >= 4 is 0 Å². The van der Waals surface area contributed by atoms with Crippen LogP contribution < -0.4 is 11.5 Å². The highest BCUT2D eigenvalue weighted by atomic mass is 16.3.